The Morgan fingerprint density at radius 3 is 2.82 bits per heavy atom. The monoisotopic (exact) mass is 237 g/mol. The van der Waals surface area contributed by atoms with E-state index in [0.29, 0.717) is 25.3 Å². The van der Waals surface area contributed by atoms with Gasteiger partial charge in [0.15, 0.2) is 5.78 Å². The molecule has 17 heavy (non-hydrogen) atoms. The summed E-state index contributed by atoms with van der Waals surface area (Å²) in [5, 5.41) is 0. The summed E-state index contributed by atoms with van der Waals surface area (Å²) < 4.78 is 18.0. The molecule has 1 saturated heterocycles. The number of benzene rings is 1. The molecule has 0 saturated carbocycles. The van der Waals surface area contributed by atoms with Crippen LogP contribution in [-0.2, 0) is 4.74 Å². The van der Waals surface area contributed by atoms with Crippen LogP contribution in [0.25, 0.3) is 0 Å². The smallest absolute Gasteiger partial charge is 0.176 e. The lowest BCUT2D eigenvalue weighted by Crippen LogP contribution is -2.45. The number of carbonyl (C=O) groups excluding carboxylic acids is 1. The van der Waals surface area contributed by atoms with Gasteiger partial charge >= 0.3 is 0 Å². The first-order chi connectivity index (χ1) is 8.16. The van der Waals surface area contributed by atoms with E-state index in [9.17, 15) is 9.18 Å². The largest absolute Gasteiger partial charge is 0.379 e. The van der Waals surface area contributed by atoms with E-state index < -0.39 is 0 Å². The zero-order valence-corrected chi connectivity index (χ0v) is 9.86. The van der Waals surface area contributed by atoms with Crippen molar-refractivity contribution in [2.45, 2.75) is 13.0 Å². The second-order valence-electron chi connectivity index (χ2n) is 4.32. The molecule has 1 unspecified atom stereocenters. The Hall–Kier alpha value is -1.26. The topological polar surface area (TPSA) is 29.5 Å². The Morgan fingerprint density at radius 2 is 2.18 bits per heavy atom. The molecular formula is C13H16FNO2. The first-order valence-corrected chi connectivity index (χ1v) is 5.77. The summed E-state index contributed by atoms with van der Waals surface area (Å²) in [6.45, 7) is 4.51. The maximum absolute atomic E-state index is 12.7. The molecule has 0 N–H and O–H groups in total. The second-order valence-corrected chi connectivity index (χ2v) is 4.32. The van der Waals surface area contributed by atoms with Gasteiger partial charge in [0.05, 0.1) is 19.8 Å². The van der Waals surface area contributed by atoms with Crippen LogP contribution >= 0.6 is 0 Å². The minimum atomic E-state index is -0.318. The van der Waals surface area contributed by atoms with Crippen LogP contribution in [0.4, 0.5) is 4.39 Å². The van der Waals surface area contributed by atoms with Gasteiger partial charge in [-0.05, 0) is 31.2 Å². The van der Waals surface area contributed by atoms with Gasteiger partial charge in [0, 0.05) is 18.2 Å². The highest BCUT2D eigenvalue weighted by Gasteiger charge is 2.21. The van der Waals surface area contributed by atoms with E-state index in [0.717, 1.165) is 6.54 Å². The van der Waals surface area contributed by atoms with Gasteiger partial charge in [0.25, 0.3) is 0 Å². The molecule has 2 rings (SSSR count). The zero-order valence-electron chi connectivity index (χ0n) is 9.86. The second kappa shape index (κ2) is 5.38. The third-order valence-corrected chi connectivity index (χ3v) is 3.02. The molecule has 0 aliphatic carbocycles. The molecule has 1 aliphatic heterocycles. The standard InChI is InChI=1S/C13H16FNO2/c1-10-9-17-7-6-15(10)8-13(16)11-2-4-12(14)5-3-11/h2-5,10H,6-9H2,1H3. The predicted octanol–water partition coefficient (Wildman–Crippen LogP) is 1.73. The first kappa shape index (κ1) is 12.2. The number of morpholine rings is 1. The van der Waals surface area contributed by atoms with E-state index in [1.807, 2.05) is 6.92 Å². The first-order valence-electron chi connectivity index (χ1n) is 5.77. The lowest BCUT2D eigenvalue weighted by molar-refractivity contribution is 0.00201. The molecular weight excluding hydrogens is 221 g/mol. The quantitative estimate of drug-likeness (QED) is 0.750. The van der Waals surface area contributed by atoms with Gasteiger partial charge in [0.2, 0.25) is 0 Å². The van der Waals surface area contributed by atoms with Crippen LogP contribution in [-0.4, -0.2) is 43.0 Å². The molecule has 1 aromatic carbocycles. The third kappa shape index (κ3) is 3.11. The lowest BCUT2D eigenvalue weighted by atomic mass is 10.1. The minimum absolute atomic E-state index is 0.0266. The molecule has 1 heterocycles. The number of halogens is 1. The van der Waals surface area contributed by atoms with Gasteiger partial charge in [-0.15, -0.1) is 0 Å². The van der Waals surface area contributed by atoms with Crippen LogP contribution in [0.2, 0.25) is 0 Å². The fourth-order valence-electron chi connectivity index (χ4n) is 1.91. The van der Waals surface area contributed by atoms with Gasteiger partial charge < -0.3 is 4.74 Å². The molecule has 0 amide bonds. The molecule has 3 nitrogen and oxygen atoms in total. The number of rotatable bonds is 3. The van der Waals surface area contributed by atoms with E-state index >= 15 is 0 Å². The maximum atomic E-state index is 12.7. The van der Waals surface area contributed by atoms with Gasteiger partial charge in [-0.2, -0.15) is 0 Å². The highest BCUT2D eigenvalue weighted by atomic mass is 19.1. The zero-order chi connectivity index (χ0) is 12.3. The van der Waals surface area contributed by atoms with Crippen LogP contribution in [0.5, 0.6) is 0 Å². The van der Waals surface area contributed by atoms with Crippen LogP contribution in [0.3, 0.4) is 0 Å². The van der Waals surface area contributed by atoms with Crippen molar-refractivity contribution < 1.29 is 13.9 Å². The van der Waals surface area contributed by atoms with Crippen LogP contribution in [0.1, 0.15) is 17.3 Å². The Kier molecular flexibility index (Phi) is 3.86. The number of nitrogens with zero attached hydrogens (tertiary/aromatic N) is 1. The van der Waals surface area contributed by atoms with Gasteiger partial charge in [-0.25, -0.2) is 4.39 Å². The molecule has 4 heteroatoms. The van der Waals surface area contributed by atoms with Crippen molar-refractivity contribution in [1.29, 1.82) is 0 Å². The van der Waals surface area contributed by atoms with E-state index in [1.165, 1.54) is 24.3 Å². The van der Waals surface area contributed by atoms with Gasteiger partial charge in [-0.3, -0.25) is 9.69 Å². The van der Waals surface area contributed by atoms with Crippen molar-refractivity contribution >= 4 is 5.78 Å². The number of hydrogen-bond acceptors (Lipinski definition) is 3. The molecule has 0 bridgehead atoms. The summed E-state index contributed by atoms with van der Waals surface area (Å²) >= 11 is 0. The molecule has 92 valence electrons. The Balaban J connectivity index is 1.98. The molecule has 0 aromatic heterocycles. The van der Waals surface area contributed by atoms with E-state index in [1.54, 1.807) is 0 Å². The fourth-order valence-corrected chi connectivity index (χ4v) is 1.91. The summed E-state index contributed by atoms with van der Waals surface area (Å²) in [6, 6.07) is 5.95. The number of ether oxygens (including phenoxy) is 1. The predicted molar refractivity (Wildman–Crippen MR) is 62.6 cm³/mol. The fraction of sp³-hybridized carbons (Fsp3) is 0.462. The van der Waals surface area contributed by atoms with Crippen LogP contribution in [0.15, 0.2) is 24.3 Å². The Morgan fingerprint density at radius 1 is 1.47 bits per heavy atom. The summed E-state index contributed by atoms with van der Waals surface area (Å²) in [5.74, 6) is -0.292. The average Bonchev–Trinajstić information content (AvgIpc) is 2.33. The molecule has 1 fully saturated rings. The van der Waals surface area contributed by atoms with Crippen LogP contribution < -0.4 is 0 Å². The normalized spacial score (nSPS) is 21.4. The highest BCUT2D eigenvalue weighted by Crippen LogP contribution is 2.09. The number of carbonyl (C=O) groups is 1. The Labute approximate surface area is 100 Å². The molecule has 1 aliphatic rings. The maximum Gasteiger partial charge on any atom is 0.176 e. The Bertz CT molecular complexity index is 391. The van der Waals surface area contributed by atoms with Crippen LogP contribution in [0, 0.1) is 5.82 Å². The lowest BCUT2D eigenvalue weighted by Gasteiger charge is -2.32. The van der Waals surface area contributed by atoms with Gasteiger partial charge in [0.1, 0.15) is 5.82 Å². The molecule has 1 aromatic rings. The van der Waals surface area contributed by atoms with Crippen molar-refractivity contribution in [1.82, 2.24) is 4.90 Å². The number of Topliss-reactive ketones (excluding diaryl/α,β-unsaturated/α-hetero) is 1. The molecule has 0 radical (unpaired) electrons. The number of hydrogen-bond donors (Lipinski definition) is 0. The van der Waals surface area contributed by atoms with Gasteiger partial charge in [-0.1, -0.05) is 0 Å². The summed E-state index contributed by atoms with van der Waals surface area (Å²) in [7, 11) is 0. The van der Waals surface area contributed by atoms with Crippen molar-refractivity contribution in [3.8, 4) is 0 Å². The third-order valence-electron chi connectivity index (χ3n) is 3.02. The summed E-state index contributed by atoms with van der Waals surface area (Å²) in [6.07, 6.45) is 0. The highest BCUT2D eigenvalue weighted by molar-refractivity contribution is 5.97. The van der Waals surface area contributed by atoms with E-state index in [4.69, 9.17) is 4.74 Å². The minimum Gasteiger partial charge on any atom is -0.379 e. The molecule has 0 spiro atoms. The summed E-state index contributed by atoms with van der Waals surface area (Å²) in [4.78, 5) is 14.1. The SMILES string of the molecule is CC1COCCN1CC(=O)c1ccc(F)cc1. The van der Waals surface area contributed by atoms with Crippen molar-refractivity contribution in [3.05, 3.63) is 35.6 Å². The molecule has 1 atom stereocenters. The average molecular weight is 237 g/mol. The van der Waals surface area contributed by atoms with E-state index in [2.05, 4.69) is 4.90 Å². The van der Waals surface area contributed by atoms with Crippen molar-refractivity contribution in [3.63, 3.8) is 0 Å². The number of ketones is 1. The van der Waals surface area contributed by atoms with E-state index in [-0.39, 0.29) is 17.6 Å². The van der Waals surface area contributed by atoms with Crippen molar-refractivity contribution in [2.24, 2.45) is 0 Å². The van der Waals surface area contributed by atoms with Crippen molar-refractivity contribution in [2.75, 3.05) is 26.3 Å². The summed E-state index contributed by atoms with van der Waals surface area (Å²) in [5.41, 5.74) is 0.560.